The van der Waals surface area contributed by atoms with Gasteiger partial charge in [-0.25, -0.2) is 9.78 Å². The van der Waals surface area contributed by atoms with Gasteiger partial charge in [0, 0.05) is 10.9 Å². The number of hydrogen-bond donors (Lipinski definition) is 1. The minimum absolute atomic E-state index is 0.0422. The molecule has 182 valence electrons. The number of carbonyl (C=O) groups is 1. The predicted octanol–water partition coefficient (Wildman–Crippen LogP) is 8.28. The number of aryl methyl sites for hydroxylation is 1. The fourth-order valence-corrected chi connectivity index (χ4v) is 4.45. The zero-order valence-corrected chi connectivity index (χ0v) is 20.8. The largest absolute Gasteiger partial charge is 0.488 e. The van der Waals surface area contributed by atoms with Gasteiger partial charge in [0.1, 0.15) is 12.4 Å². The van der Waals surface area contributed by atoms with Gasteiger partial charge in [0.15, 0.2) is 5.69 Å². The number of rotatable bonds is 15. The first-order valence-electron chi connectivity index (χ1n) is 12.9. The number of aromatic carboxylic acids is 1. The number of unbranched alkanes of at least 4 members (excludes halogenated alkanes) is 9. The molecular formula is C30H39NO3. The molecule has 0 spiro atoms. The van der Waals surface area contributed by atoms with Crippen LogP contribution in [0, 0.1) is 6.92 Å². The van der Waals surface area contributed by atoms with Gasteiger partial charge in [-0.3, -0.25) is 0 Å². The zero-order valence-electron chi connectivity index (χ0n) is 20.8. The summed E-state index contributed by atoms with van der Waals surface area (Å²) in [6.45, 7) is 4.42. The highest BCUT2D eigenvalue weighted by molar-refractivity contribution is 5.95. The summed E-state index contributed by atoms with van der Waals surface area (Å²) < 4.78 is 6.13. The van der Waals surface area contributed by atoms with Crippen LogP contribution in [0.5, 0.6) is 5.75 Å². The van der Waals surface area contributed by atoms with Gasteiger partial charge in [0.25, 0.3) is 0 Å². The van der Waals surface area contributed by atoms with Crippen LogP contribution in [-0.2, 0) is 13.0 Å². The molecular weight excluding hydrogens is 422 g/mol. The summed E-state index contributed by atoms with van der Waals surface area (Å²) in [5.74, 6) is -0.443. The first-order chi connectivity index (χ1) is 16.6. The van der Waals surface area contributed by atoms with Crippen molar-refractivity contribution in [2.24, 2.45) is 0 Å². The number of ether oxygens (including phenoxy) is 1. The molecule has 0 aliphatic heterocycles. The quantitative estimate of drug-likeness (QED) is 0.231. The van der Waals surface area contributed by atoms with Crippen LogP contribution in [0.4, 0.5) is 0 Å². The molecule has 1 N–H and O–H groups in total. The molecule has 3 rings (SSSR count). The maximum atomic E-state index is 11.6. The summed E-state index contributed by atoms with van der Waals surface area (Å²) in [5.41, 5.74) is 3.67. The van der Waals surface area contributed by atoms with Crippen LogP contribution in [0.25, 0.3) is 10.9 Å². The van der Waals surface area contributed by atoms with Gasteiger partial charge in [-0.05, 0) is 43.0 Å². The molecule has 0 radical (unpaired) electrons. The lowest BCUT2D eigenvalue weighted by Crippen LogP contribution is -2.07. The minimum Gasteiger partial charge on any atom is -0.488 e. The molecule has 0 fully saturated rings. The van der Waals surface area contributed by atoms with E-state index in [4.69, 9.17) is 4.74 Å². The third kappa shape index (κ3) is 7.58. The minimum atomic E-state index is -1.04. The van der Waals surface area contributed by atoms with E-state index in [1.165, 1.54) is 69.8 Å². The zero-order chi connectivity index (χ0) is 24.2. The second-order valence-corrected chi connectivity index (χ2v) is 9.27. The first-order valence-corrected chi connectivity index (χ1v) is 12.9. The topological polar surface area (TPSA) is 59.4 Å². The van der Waals surface area contributed by atoms with Crippen LogP contribution in [-0.4, -0.2) is 16.1 Å². The third-order valence-corrected chi connectivity index (χ3v) is 6.50. The molecule has 1 heterocycles. The van der Waals surface area contributed by atoms with Crippen molar-refractivity contribution in [3.8, 4) is 5.75 Å². The van der Waals surface area contributed by atoms with Crippen LogP contribution in [0.1, 0.15) is 98.3 Å². The fourth-order valence-electron chi connectivity index (χ4n) is 4.45. The first kappa shape index (κ1) is 25.7. The third-order valence-electron chi connectivity index (χ3n) is 6.50. The molecule has 4 heteroatoms. The highest BCUT2D eigenvalue weighted by Crippen LogP contribution is 2.31. The van der Waals surface area contributed by atoms with Crippen molar-refractivity contribution in [2.45, 2.75) is 91.1 Å². The second kappa shape index (κ2) is 13.7. The van der Waals surface area contributed by atoms with Crippen LogP contribution in [0.3, 0.4) is 0 Å². The number of carboxylic acid groups (broad SMARTS) is 1. The van der Waals surface area contributed by atoms with Gasteiger partial charge in [0.2, 0.25) is 0 Å². The van der Waals surface area contributed by atoms with Crippen molar-refractivity contribution < 1.29 is 14.6 Å². The smallest absolute Gasteiger partial charge is 0.354 e. The van der Waals surface area contributed by atoms with Crippen molar-refractivity contribution in [2.75, 3.05) is 0 Å². The summed E-state index contributed by atoms with van der Waals surface area (Å²) in [6, 6.07) is 16.1. The lowest BCUT2D eigenvalue weighted by atomic mass is 10.0. The van der Waals surface area contributed by atoms with Crippen LogP contribution < -0.4 is 4.74 Å². The van der Waals surface area contributed by atoms with E-state index < -0.39 is 5.97 Å². The van der Waals surface area contributed by atoms with E-state index in [1.807, 2.05) is 24.3 Å². The van der Waals surface area contributed by atoms with E-state index in [-0.39, 0.29) is 5.69 Å². The van der Waals surface area contributed by atoms with Gasteiger partial charge < -0.3 is 9.84 Å². The summed E-state index contributed by atoms with van der Waals surface area (Å²) in [5, 5.41) is 10.4. The Morgan fingerprint density at radius 2 is 1.41 bits per heavy atom. The van der Waals surface area contributed by atoms with E-state index in [9.17, 15) is 9.90 Å². The van der Waals surface area contributed by atoms with E-state index >= 15 is 0 Å². The van der Waals surface area contributed by atoms with E-state index in [1.54, 1.807) is 6.92 Å². The number of benzene rings is 2. The summed E-state index contributed by atoms with van der Waals surface area (Å²) in [7, 11) is 0. The number of fused-ring (bicyclic) bond motifs is 1. The highest BCUT2D eigenvalue weighted by Gasteiger charge is 2.17. The molecule has 4 nitrogen and oxygen atoms in total. The van der Waals surface area contributed by atoms with Crippen molar-refractivity contribution in [3.05, 3.63) is 70.9 Å². The van der Waals surface area contributed by atoms with Crippen molar-refractivity contribution in [3.63, 3.8) is 0 Å². The number of pyridine rings is 1. The highest BCUT2D eigenvalue weighted by atomic mass is 16.5. The predicted molar refractivity (Wildman–Crippen MR) is 140 cm³/mol. The Hall–Kier alpha value is -2.88. The number of aromatic nitrogens is 1. The van der Waals surface area contributed by atoms with Gasteiger partial charge in [0.05, 0.1) is 5.52 Å². The maximum Gasteiger partial charge on any atom is 0.354 e. The summed E-state index contributed by atoms with van der Waals surface area (Å²) in [6.07, 6.45) is 14.7. The van der Waals surface area contributed by atoms with Crippen molar-refractivity contribution in [1.82, 2.24) is 4.98 Å². The Kier molecular flexibility index (Phi) is 10.4. The molecule has 0 saturated heterocycles. The molecule has 0 unspecified atom stereocenters. The average molecular weight is 462 g/mol. The van der Waals surface area contributed by atoms with E-state index in [0.717, 1.165) is 17.4 Å². The van der Waals surface area contributed by atoms with Crippen LogP contribution >= 0.6 is 0 Å². The molecule has 3 aromatic rings. The Morgan fingerprint density at radius 3 is 2.06 bits per heavy atom. The van der Waals surface area contributed by atoms with Gasteiger partial charge in [-0.2, -0.15) is 0 Å². The standard InChI is InChI=1S/C30H39NO3/c1-3-4-5-6-7-8-9-10-11-12-15-24-18-20-25(21-19-24)22-34-29-23(2)28(30(32)33)31-27-17-14-13-16-26(27)29/h13-14,16-21H,3-12,15,22H2,1-2H3,(H,32,33). The van der Waals surface area contributed by atoms with Crippen molar-refractivity contribution >= 4 is 16.9 Å². The molecule has 34 heavy (non-hydrogen) atoms. The molecule has 0 saturated carbocycles. The SMILES string of the molecule is CCCCCCCCCCCCc1ccc(COc2c(C)c(C(=O)O)nc3ccccc23)cc1. The summed E-state index contributed by atoms with van der Waals surface area (Å²) >= 11 is 0. The number of hydrogen-bond acceptors (Lipinski definition) is 3. The van der Waals surface area contributed by atoms with E-state index in [0.29, 0.717) is 23.4 Å². The molecule has 0 aliphatic rings. The number of carboxylic acids is 1. The van der Waals surface area contributed by atoms with Crippen LogP contribution in [0.2, 0.25) is 0 Å². The molecule has 0 atom stereocenters. The number of para-hydroxylation sites is 1. The second-order valence-electron chi connectivity index (χ2n) is 9.27. The van der Waals surface area contributed by atoms with Gasteiger partial charge >= 0.3 is 5.97 Å². The Balaban J connectivity index is 1.45. The molecule has 0 aliphatic carbocycles. The number of nitrogens with zero attached hydrogens (tertiary/aromatic N) is 1. The van der Waals surface area contributed by atoms with Crippen LogP contribution in [0.15, 0.2) is 48.5 Å². The lowest BCUT2D eigenvalue weighted by Gasteiger charge is -2.14. The average Bonchev–Trinajstić information content (AvgIpc) is 2.85. The fraction of sp³-hybridized carbons (Fsp3) is 0.467. The summed E-state index contributed by atoms with van der Waals surface area (Å²) in [4.78, 5) is 15.9. The Labute approximate surface area is 204 Å². The molecule has 1 aromatic heterocycles. The molecule has 0 amide bonds. The molecule has 2 aromatic carbocycles. The van der Waals surface area contributed by atoms with E-state index in [2.05, 4.69) is 36.2 Å². The van der Waals surface area contributed by atoms with Gasteiger partial charge in [-0.15, -0.1) is 0 Å². The van der Waals surface area contributed by atoms with Gasteiger partial charge in [-0.1, -0.05) is 101 Å². The monoisotopic (exact) mass is 461 g/mol. The molecule has 0 bridgehead atoms. The van der Waals surface area contributed by atoms with Crippen molar-refractivity contribution in [1.29, 1.82) is 0 Å². The Bertz CT molecular complexity index is 1040. The Morgan fingerprint density at radius 1 is 0.824 bits per heavy atom. The maximum absolute atomic E-state index is 11.6. The normalized spacial score (nSPS) is 11.1. The lowest BCUT2D eigenvalue weighted by molar-refractivity contribution is 0.0689.